The predicted octanol–water partition coefficient (Wildman–Crippen LogP) is 2.70. The van der Waals surface area contributed by atoms with Crippen molar-refractivity contribution in [3.63, 3.8) is 0 Å². The van der Waals surface area contributed by atoms with E-state index < -0.39 is 42.0 Å². The van der Waals surface area contributed by atoms with Gasteiger partial charge in [0, 0.05) is 25.0 Å². The van der Waals surface area contributed by atoms with E-state index in [2.05, 4.69) is 0 Å². The summed E-state index contributed by atoms with van der Waals surface area (Å²) >= 11 is 0. The fourth-order valence-corrected chi connectivity index (χ4v) is 3.99. The number of hydrogen-bond acceptors (Lipinski definition) is 5. The normalized spacial score (nSPS) is 18.0. The van der Waals surface area contributed by atoms with Gasteiger partial charge in [-0.2, -0.15) is 0 Å². The zero-order chi connectivity index (χ0) is 24.9. The fraction of sp³-hybridized carbons (Fsp3) is 0.423. The molecule has 8 heteroatoms. The average Bonchev–Trinajstić information content (AvgIpc) is 3.19. The molecule has 2 aromatic carbocycles. The SMILES string of the molecule is CC(C)(C)N(Cc1ccccc1)C(=O)COC(=O)[C@H]1C[C@@H](O)CN1C(=O)Cc1ccccc1F. The number of carbonyl (C=O) groups excluding carboxylic acids is 3. The number of carbonyl (C=O) groups is 3. The molecule has 0 saturated carbocycles. The van der Waals surface area contributed by atoms with E-state index in [-0.39, 0.29) is 30.9 Å². The first-order valence-corrected chi connectivity index (χ1v) is 11.3. The van der Waals surface area contributed by atoms with E-state index in [1.54, 1.807) is 11.0 Å². The van der Waals surface area contributed by atoms with Gasteiger partial charge in [-0.15, -0.1) is 0 Å². The summed E-state index contributed by atoms with van der Waals surface area (Å²) in [6.45, 7) is 5.51. The van der Waals surface area contributed by atoms with Crippen LogP contribution in [0.5, 0.6) is 0 Å². The first kappa shape index (κ1) is 25.4. The Labute approximate surface area is 199 Å². The molecular formula is C26H31FN2O5. The van der Waals surface area contributed by atoms with E-state index in [1.165, 1.54) is 23.1 Å². The zero-order valence-electron chi connectivity index (χ0n) is 19.7. The van der Waals surface area contributed by atoms with Crippen LogP contribution in [0.1, 0.15) is 38.3 Å². The fourth-order valence-electron chi connectivity index (χ4n) is 3.99. The minimum atomic E-state index is -1.03. The Morgan fingerprint density at radius 3 is 2.38 bits per heavy atom. The van der Waals surface area contributed by atoms with E-state index >= 15 is 0 Å². The van der Waals surface area contributed by atoms with Crippen LogP contribution in [0.25, 0.3) is 0 Å². The van der Waals surface area contributed by atoms with Crippen molar-refractivity contribution in [3.05, 3.63) is 71.5 Å². The number of aliphatic hydroxyl groups is 1. The van der Waals surface area contributed by atoms with Gasteiger partial charge in [0.1, 0.15) is 11.9 Å². The van der Waals surface area contributed by atoms with Crippen molar-refractivity contribution in [2.24, 2.45) is 0 Å². The molecule has 34 heavy (non-hydrogen) atoms. The van der Waals surface area contributed by atoms with Crippen LogP contribution in [0.4, 0.5) is 4.39 Å². The first-order chi connectivity index (χ1) is 16.1. The summed E-state index contributed by atoms with van der Waals surface area (Å²) in [5, 5.41) is 10.1. The molecule has 1 aliphatic rings. The Balaban J connectivity index is 1.64. The van der Waals surface area contributed by atoms with Crippen LogP contribution in [-0.4, -0.2) is 63.5 Å². The monoisotopic (exact) mass is 470 g/mol. The quantitative estimate of drug-likeness (QED) is 0.629. The third-order valence-corrected chi connectivity index (χ3v) is 5.80. The number of benzene rings is 2. The number of amides is 2. The Morgan fingerprint density at radius 1 is 1.09 bits per heavy atom. The van der Waals surface area contributed by atoms with Crippen LogP contribution < -0.4 is 0 Å². The Morgan fingerprint density at radius 2 is 1.74 bits per heavy atom. The summed E-state index contributed by atoms with van der Waals surface area (Å²) in [6.07, 6.45) is -1.14. The van der Waals surface area contributed by atoms with E-state index in [4.69, 9.17) is 4.74 Å². The van der Waals surface area contributed by atoms with Crippen LogP contribution >= 0.6 is 0 Å². The van der Waals surface area contributed by atoms with Crippen LogP contribution in [0.15, 0.2) is 54.6 Å². The molecule has 1 saturated heterocycles. The zero-order valence-corrected chi connectivity index (χ0v) is 19.7. The van der Waals surface area contributed by atoms with Crippen LogP contribution in [0, 0.1) is 5.82 Å². The smallest absolute Gasteiger partial charge is 0.329 e. The van der Waals surface area contributed by atoms with Gasteiger partial charge in [-0.25, -0.2) is 9.18 Å². The minimum absolute atomic E-state index is 0.00301. The van der Waals surface area contributed by atoms with Crippen LogP contribution in [0.2, 0.25) is 0 Å². The molecule has 1 heterocycles. The molecule has 0 unspecified atom stereocenters. The lowest BCUT2D eigenvalue weighted by Gasteiger charge is -2.36. The van der Waals surface area contributed by atoms with E-state index in [0.29, 0.717) is 6.54 Å². The summed E-state index contributed by atoms with van der Waals surface area (Å²) in [6, 6.07) is 14.4. The number of aliphatic hydroxyl groups excluding tert-OH is 1. The highest BCUT2D eigenvalue weighted by Crippen LogP contribution is 2.22. The number of esters is 1. The Bertz CT molecular complexity index is 1020. The van der Waals surface area contributed by atoms with Crippen LogP contribution in [-0.2, 0) is 32.1 Å². The molecule has 2 atom stereocenters. The van der Waals surface area contributed by atoms with Gasteiger partial charge in [0.05, 0.1) is 12.5 Å². The maximum absolute atomic E-state index is 14.0. The van der Waals surface area contributed by atoms with Crippen molar-refractivity contribution >= 4 is 17.8 Å². The summed E-state index contributed by atoms with van der Waals surface area (Å²) in [5.41, 5.74) is 0.642. The molecule has 1 N–H and O–H groups in total. The van der Waals surface area contributed by atoms with E-state index in [0.717, 1.165) is 5.56 Å². The maximum Gasteiger partial charge on any atom is 0.329 e. The third-order valence-electron chi connectivity index (χ3n) is 5.80. The van der Waals surface area contributed by atoms with Gasteiger partial charge in [0.2, 0.25) is 5.91 Å². The van der Waals surface area contributed by atoms with Crippen molar-refractivity contribution in [1.82, 2.24) is 9.80 Å². The molecule has 0 aliphatic carbocycles. The lowest BCUT2D eigenvalue weighted by Crippen LogP contribution is -2.48. The average molecular weight is 471 g/mol. The lowest BCUT2D eigenvalue weighted by atomic mass is 10.0. The number of rotatable bonds is 7. The molecule has 1 aliphatic heterocycles. The largest absolute Gasteiger partial charge is 0.454 e. The van der Waals surface area contributed by atoms with Gasteiger partial charge in [-0.3, -0.25) is 9.59 Å². The van der Waals surface area contributed by atoms with Gasteiger partial charge >= 0.3 is 5.97 Å². The maximum atomic E-state index is 14.0. The number of likely N-dealkylation sites (tertiary alicyclic amines) is 1. The number of halogens is 1. The third kappa shape index (κ3) is 6.41. The van der Waals surface area contributed by atoms with E-state index in [1.807, 2.05) is 51.1 Å². The summed E-state index contributed by atoms with van der Waals surface area (Å²) < 4.78 is 19.2. The van der Waals surface area contributed by atoms with Crippen molar-refractivity contribution < 1.29 is 28.6 Å². The molecule has 0 spiro atoms. The molecule has 1 fully saturated rings. The van der Waals surface area contributed by atoms with Crippen LogP contribution in [0.3, 0.4) is 0 Å². The number of β-amino-alcohol motifs (C(OH)–C–C–N with tert-alkyl or cyclic N) is 1. The molecule has 0 aromatic heterocycles. The highest BCUT2D eigenvalue weighted by atomic mass is 19.1. The Hall–Kier alpha value is -3.26. The van der Waals surface area contributed by atoms with Gasteiger partial charge in [0.25, 0.3) is 5.91 Å². The summed E-state index contributed by atoms with van der Waals surface area (Å²) in [7, 11) is 0. The number of ether oxygens (including phenoxy) is 1. The van der Waals surface area contributed by atoms with Crippen molar-refractivity contribution in [1.29, 1.82) is 0 Å². The second-order valence-corrected chi connectivity index (χ2v) is 9.46. The molecular weight excluding hydrogens is 439 g/mol. The van der Waals surface area contributed by atoms with E-state index in [9.17, 15) is 23.9 Å². The highest BCUT2D eigenvalue weighted by molar-refractivity contribution is 5.88. The predicted molar refractivity (Wildman–Crippen MR) is 124 cm³/mol. The molecule has 7 nitrogen and oxygen atoms in total. The summed E-state index contributed by atoms with van der Waals surface area (Å²) in [4.78, 5) is 41.3. The first-order valence-electron chi connectivity index (χ1n) is 11.3. The van der Waals surface area contributed by atoms with Gasteiger partial charge in [0.15, 0.2) is 6.61 Å². The standard InChI is InChI=1S/C26H31FN2O5/c1-26(2,3)29(15-18-9-5-4-6-10-18)24(32)17-34-25(33)22-14-20(30)16-28(22)23(31)13-19-11-7-8-12-21(19)27/h4-12,20,22,30H,13-17H2,1-3H3/t20-,22-/m1/s1. The van der Waals surface area contributed by atoms with Gasteiger partial charge < -0.3 is 19.6 Å². The molecule has 182 valence electrons. The highest BCUT2D eigenvalue weighted by Gasteiger charge is 2.40. The molecule has 0 bridgehead atoms. The summed E-state index contributed by atoms with van der Waals surface area (Å²) in [5.74, 6) is -2.14. The molecule has 0 radical (unpaired) electrons. The topological polar surface area (TPSA) is 87.2 Å². The molecule has 3 rings (SSSR count). The second-order valence-electron chi connectivity index (χ2n) is 9.46. The Kier molecular flexibility index (Phi) is 8.04. The van der Waals surface area contributed by atoms with Gasteiger partial charge in [-0.1, -0.05) is 48.5 Å². The number of nitrogens with zero attached hydrogens (tertiary/aromatic N) is 2. The van der Waals surface area contributed by atoms with Crippen molar-refractivity contribution in [2.75, 3.05) is 13.2 Å². The molecule has 2 aromatic rings. The second kappa shape index (κ2) is 10.8. The molecule has 2 amide bonds. The minimum Gasteiger partial charge on any atom is -0.454 e. The van der Waals surface area contributed by atoms with Gasteiger partial charge in [-0.05, 0) is 38.0 Å². The van der Waals surface area contributed by atoms with Crippen molar-refractivity contribution in [3.8, 4) is 0 Å². The van der Waals surface area contributed by atoms with Crippen molar-refractivity contribution in [2.45, 2.75) is 57.8 Å². The lowest BCUT2D eigenvalue weighted by molar-refractivity contribution is -0.159. The number of hydrogen-bond donors (Lipinski definition) is 1.